The Bertz CT molecular complexity index is 1210. The first kappa shape index (κ1) is 20.2. The quantitative estimate of drug-likeness (QED) is 0.318. The van der Waals surface area contributed by atoms with Crippen LogP contribution in [0, 0.1) is 6.92 Å². The second-order valence-electron chi connectivity index (χ2n) is 6.17. The Hall–Kier alpha value is -2.12. The molecule has 0 atom stereocenters. The van der Waals surface area contributed by atoms with Gasteiger partial charge in [-0.25, -0.2) is 14.5 Å². The molecule has 148 valence electrons. The number of rotatable bonds is 4. The van der Waals surface area contributed by atoms with Crippen LogP contribution >= 0.6 is 46.1 Å². The van der Waals surface area contributed by atoms with E-state index in [-0.39, 0.29) is 6.61 Å². The van der Waals surface area contributed by atoms with E-state index in [9.17, 15) is 4.79 Å². The molecular weight excluding hydrogens is 453 g/mol. The van der Waals surface area contributed by atoms with E-state index in [0.29, 0.717) is 48.7 Å². The topological polar surface area (TPSA) is 57.0 Å². The molecule has 0 amide bonds. The Morgan fingerprint density at radius 1 is 1.21 bits per heavy atom. The van der Waals surface area contributed by atoms with Crippen molar-refractivity contribution in [1.29, 1.82) is 0 Å². The fourth-order valence-corrected chi connectivity index (χ4v) is 4.77. The molecule has 0 spiro atoms. The van der Waals surface area contributed by atoms with Crippen molar-refractivity contribution >= 4 is 63.1 Å². The summed E-state index contributed by atoms with van der Waals surface area (Å²) in [4.78, 5) is 18.4. The Labute approximate surface area is 185 Å². The zero-order chi connectivity index (χ0) is 20.7. The molecule has 29 heavy (non-hydrogen) atoms. The lowest BCUT2D eigenvalue weighted by Crippen LogP contribution is -2.07. The van der Waals surface area contributed by atoms with Gasteiger partial charge in [0.15, 0.2) is 5.65 Å². The maximum Gasteiger partial charge on any atom is 0.339 e. The van der Waals surface area contributed by atoms with Gasteiger partial charge in [0.2, 0.25) is 0 Å². The molecule has 0 bridgehead atoms. The van der Waals surface area contributed by atoms with Crippen LogP contribution in [-0.2, 0) is 4.74 Å². The van der Waals surface area contributed by atoms with Gasteiger partial charge >= 0.3 is 5.97 Å². The molecule has 0 fully saturated rings. The van der Waals surface area contributed by atoms with Gasteiger partial charge in [0.25, 0.3) is 0 Å². The number of esters is 1. The maximum absolute atomic E-state index is 12.7. The number of carbonyl (C=O) groups excluding carboxylic acids is 1. The van der Waals surface area contributed by atoms with E-state index >= 15 is 0 Å². The van der Waals surface area contributed by atoms with Gasteiger partial charge in [-0.15, -0.1) is 11.3 Å². The average Bonchev–Trinajstić information content (AvgIpc) is 3.30. The molecule has 4 aromatic rings. The van der Waals surface area contributed by atoms with Crippen LogP contribution in [0.15, 0.2) is 35.7 Å². The lowest BCUT2D eigenvalue weighted by atomic mass is 10.1. The number of halogens is 3. The molecule has 0 aliphatic heterocycles. The first-order valence-electron chi connectivity index (χ1n) is 8.67. The van der Waals surface area contributed by atoms with E-state index in [1.165, 1.54) is 11.3 Å². The van der Waals surface area contributed by atoms with Gasteiger partial charge in [-0.05, 0) is 43.5 Å². The van der Waals surface area contributed by atoms with Gasteiger partial charge < -0.3 is 4.74 Å². The van der Waals surface area contributed by atoms with Crippen molar-refractivity contribution in [3.05, 3.63) is 62.0 Å². The summed E-state index contributed by atoms with van der Waals surface area (Å²) in [6.07, 6.45) is 0. The molecule has 0 aliphatic carbocycles. The molecule has 4 rings (SSSR count). The number of benzene rings is 1. The van der Waals surface area contributed by atoms with E-state index in [1.54, 1.807) is 36.7 Å². The molecule has 5 nitrogen and oxygen atoms in total. The summed E-state index contributed by atoms with van der Waals surface area (Å²) in [5.41, 5.74) is 2.54. The lowest BCUT2D eigenvalue weighted by Gasteiger charge is -2.10. The van der Waals surface area contributed by atoms with Gasteiger partial charge in [0, 0.05) is 5.02 Å². The third kappa shape index (κ3) is 3.62. The van der Waals surface area contributed by atoms with Crippen LogP contribution in [0.3, 0.4) is 0 Å². The summed E-state index contributed by atoms with van der Waals surface area (Å²) in [5.74, 6) is -0.436. The van der Waals surface area contributed by atoms with Crippen molar-refractivity contribution in [2.75, 3.05) is 6.61 Å². The van der Waals surface area contributed by atoms with E-state index < -0.39 is 5.97 Å². The Kier molecular flexibility index (Phi) is 5.53. The summed E-state index contributed by atoms with van der Waals surface area (Å²) >= 11 is 20.4. The summed E-state index contributed by atoms with van der Waals surface area (Å²) in [5, 5.41) is 8.18. The lowest BCUT2D eigenvalue weighted by molar-refractivity contribution is 0.0528. The molecular formula is C20H14Cl3N3O2S. The van der Waals surface area contributed by atoms with E-state index in [1.807, 2.05) is 17.5 Å². The monoisotopic (exact) mass is 465 g/mol. The molecule has 9 heteroatoms. The fraction of sp³-hybridized carbons (Fsp3) is 0.150. The number of thiophene rings is 1. The number of hydrogen-bond acceptors (Lipinski definition) is 5. The number of pyridine rings is 1. The van der Waals surface area contributed by atoms with Crippen LogP contribution < -0.4 is 0 Å². The fourth-order valence-electron chi connectivity index (χ4n) is 3.10. The second-order valence-corrected chi connectivity index (χ2v) is 8.37. The van der Waals surface area contributed by atoms with E-state index in [2.05, 4.69) is 5.10 Å². The minimum atomic E-state index is -0.436. The molecule has 0 unspecified atom stereocenters. The highest BCUT2D eigenvalue weighted by atomic mass is 35.5. The molecule has 3 heterocycles. The normalized spacial score (nSPS) is 11.2. The molecule has 0 radical (unpaired) electrons. The number of hydrogen-bond donors (Lipinski definition) is 0. The predicted molar refractivity (Wildman–Crippen MR) is 118 cm³/mol. The van der Waals surface area contributed by atoms with E-state index in [4.69, 9.17) is 44.5 Å². The maximum atomic E-state index is 12.7. The summed E-state index contributed by atoms with van der Waals surface area (Å²) in [7, 11) is 0. The number of aromatic nitrogens is 3. The van der Waals surface area contributed by atoms with Crippen molar-refractivity contribution in [1.82, 2.24) is 14.8 Å². The Morgan fingerprint density at radius 2 is 1.93 bits per heavy atom. The third-order valence-corrected chi connectivity index (χ3v) is 5.96. The highest BCUT2D eigenvalue weighted by Crippen LogP contribution is 2.36. The number of fused-ring (bicyclic) bond motifs is 1. The minimum Gasteiger partial charge on any atom is -0.462 e. The van der Waals surface area contributed by atoms with Crippen LogP contribution in [0.2, 0.25) is 15.1 Å². The Morgan fingerprint density at radius 3 is 2.55 bits per heavy atom. The number of carbonyl (C=O) groups is 1. The van der Waals surface area contributed by atoms with Crippen LogP contribution in [0.25, 0.3) is 27.3 Å². The summed E-state index contributed by atoms with van der Waals surface area (Å²) in [6, 6.07) is 8.76. The zero-order valence-corrected chi connectivity index (χ0v) is 18.5. The largest absolute Gasteiger partial charge is 0.462 e. The summed E-state index contributed by atoms with van der Waals surface area (Å²) in [6.45, 7) is 3.82. The highest BCUT2D eigenvalue weighted by Gasteiger charge is 2.23. The second kappa shape index (κ2) is 7.95. The molecule has 0 saturated heterocycles. The van der Waals surface area contributed by atoms with Gasteiger partial charge in [-0.2, -0.15) is 5.10 Å². The van der Waals surface area contributed by atoms with Crippen molar-refractivity contribution in [2.45, 2.75) is 13.8 Å². The van der Waals surface area contributed by atoms with Gasteiger partial charge in [-0.3, -0.25) is 0 Å². The van der Waals surface area contributed by atoms with E-state index in [0.717, 1.165) is 4.88 Å². The minimum absolute atomic E-state index is 0.263. The standard InChI is InChI=1S/C20H14Cl3N3O2S/c1-3-28-20(27)12-9-15(16-5-4-6-29-16)24-19-17(12)10(2)25-26(19)18-13(22)7-11(21)8-14(18)23/h4-9H,3H2,1-2H3. The van der Waals surface area contributed by atoms with Gasteiger partial charge in [-0.1, -0.05) is 40.9 Å². The number of ether oxygens (including phenoxy) is 1. The molecule has 0 N–H and O–H groups in total. The zero-order valence-electron chi connectivity index (χ0n) is 15.4. The SMILES string of the molecule is CCOC(=O)c1cc(-c2cccs2)nc2c1c(C)nn2-c1c(Cl)cc(Cl)cc1Cl. The average molecular weight is 467 g/mol. The van der Waals surface area contributed by atoms with Crippen molar-refractivity contribution < 1.29 is 9.53 Å². The Balaban J connectivity index is 2.07. The van der Waals surface area contributed by atoms with Gasteiger partial charge in [0.1, 0.15) is 5.69 Å². The molecule has 0 saturated carbocycles. The predicted octanol–water partition coefficient (Wildman–Crippen LogP) is 6.59. The first-order chi connectivity index (χ1) is 13.9. The number of aryl methyl sites for hydroxylation is 1. The summed E-state index contributed by atoms with van der Waals surface area (Å²) < 4.78 is 6.82. The number of nitrogens with zero attached hydrogens (tertiary/aromatic N) is 3. The van der Waals surface area contributed by atoms with Crippen molar-refractivity contribution in [3.8, 4) is 16.3 Å². The first-order valence-corrected chi connectivity index (χ1v) is 10.7. The van der Waals surface area contributed by atoms with Crippen molar-refractivity contribution in [2.24, 2.45) is 0 Å². The molecule has 3 aromatic heterocycles. The van der Waals surface area contributed by atoms with Crippen LogP contribution in [0.1, 0.15) is 23.0 Å². The van der Waals surface area contributed by atoms with Crippen molar-refractivity contribution in [3.63, 3.8) is 0 Å². The van der Waals surface area contributed by atoms with Gasteiger partial charge in [0.05, 0.1) is 43.9 Å². The van der Waals surface area contributed by atoms with Crippen LogP contribution in [-0.4, -0.2) is 27.3 Å². The highest BCUT2D eigenvalue weighted by molar-refractivity contribution is 7.13. The van der Waals surface area contributed by atoms with Crippen LogP contribution in [0.4, 0.5) is 0 Å². The van der Waals surface area contributed by atoms with Crippen LogP contribution in [0.5, 0.6) is 0 Å². The smallest absolute Gasteiger partial charge is 0.339 e. The third-order valence-electron chi connectivity index (χ3n) is 4.28. The molecule has 1 aromatic carbocycles. The molecule has 0 aliphatic rings.